The van der Waals surface area contributed by atoms with Gasteiger partial charge in [-0.3, -0.25) is 4.79 Å². The second-order valence-corrected chi connectivity index (χ2v) is 8.72. The smallest absolute Gasteiger partial charge is 0.220 e. The van der Waals surface area contributed by atoms with Gasteiger partial charge in [0.25, 0.3) is 0 Å². The molecule has 0 aromatic rings. The number of nitrogens with one attached hydrogen (secondary N) is 1. The largest absolute Gasteiger partial charge is 0.394 e. The molecule has 34 heavy (non-hydrogen) atoms. The van der Waals surface area contributed by atoms with Crippen LogP contribution in [-0.4, -0.2) is 34.9 Å². The van der Waals surface area contributed by atoms with Gasteiger partial charge in [0, 0.05) is 6.42 Å². The molecule has 3 N–H and O–H groups in total. The number of hydrogen-bond acceptors (Lipinski definition) is 3. The molecule has 0 aliphatic carbocycles. The molecular weight excluding hydrogens is 422 g/mol. The zero-order valence-corrected chi connectivity index (χ0v) is 21.8. The van der Waals surface area contributed by atoms with Crippen molar-refractivity contribution in [3.63, 3.8) is 0 Å². The minimum Gasteiger partial charge on any atom is -0.394 e. The van der Waals surface area contributed by atoms with Crippen LogP contribution in [0.25, 0.3) is 0 Å². The van der Waals surface area contributed by atoms with Crippen LogP contribution in [0.15, 0.2) is 60.8 Å². The van der Waals surface area contributed by atoms with Gasteiger partial charge >= 0.3 is 0 Å². The molecule has 2 unspecified atom stereocenters. The van der Waals surface area contributed by atoms with Crippen molar-refractivity contribution >= 4 is 5.91 Å². The maximum absolute atomic E-state index is 12.1. The number of carbonyl (C=O) groups is 1. The minimum absolute atomic E-state index is 0.0960. The summed E-state index contributed by atoms with van der Waals surface area (Å²) in [6, 6.07) is -0.626. The maximum Gasteiger partial charge on any atom is 0.220 e. The van der Waals surface area contributed by atoms with E-state index in [1.165, 1.54) is 19.3 Å². The van der Waals surface area contributed by atoms with Gasteiger partial charge in [0.2, 0.25) is 5.91 Å². The summed E-state index contributed by atoms with van der Waals surface area (Å²) >= 11 is 0. The number of rotatable bonds is 22. The van der Waals surface area contributed by atoms with Crippen LogP contribution in [0.2, 0.25) is 0 Å². The predicted molar refractivity (Wildman–Crippen MR) is 147 cm³/mol. The normalized spacial score (nSPS) is 14.4. The molecule has 194 valence electrons. The number of amides is 1. The van der Waals surface area contributed by atoms with E-state index in [0.717, 1.165) is 64.2 Å². The lowest BCUT2D eigenvalue weighted by atomic mass is 10.1. The summed E-state index contributed by atoms with van der Waals surface area (Å²) in [5, 5.41) is 22.2. The molecule has 1 amide bonds. The fourth-order valence-electron chi connectivity index (χ4n) is 3.41. The molecule has 2 atom stereocenters. The van der Waals surface area contributed by atoms with Gasteiger partial charge in [-0.05, 0) is 51.4 Å². The van der Waals surface area contributed by atoms with Gasteiger partial charge in [0.05, 0.1) is 18.8 Å². The van der Waals surface area contributed by atoms with Crippen LogP contribution in [-0.2, 0) is 4.79 Å². The second kappa shape index (κ2) is 25.7. The average Bonchev–Trinajstić information content (AvgIpc) is 2.84. The van der Waals surface area contributed by atoms with Crippen molar-refractivity contribution < 1.29 is 15.0 Å². The first-order chi connectivity index (χ1) is 16.7. The first kappa shape index (κ1) is 32.1. The van der Waals surface area contributed by atoms with Crippen LogP contribution < -0.4 is 5.32 Å². The Hall–Kier alpha value is -1.91. The van der Waals surface area contributed by atoms with Crippen molar-refractivity contribution in [2.24, 2.45) is 0 Å². The van der Waals surface area contributed by atoms with E-state index in [1.54, 1.807) is 6.08 Å². The van der Waals surface area contributed by atoms with Gasteiger partial charge in [-0.2, -0.15) is 0 Å². The van der Waals surface area contributed by atoms with E-state index in [2.05, 4.69) is 67.8 Å². The van der Waals surface area contributed by atoms with Gasteiger partial charge in [-0.15, -0.1) is 0 Å². The zero-order chi connectivity index (χ0) is 25.1. The molecule has 0 bridgehead atoms. The highest BCUT2D eigenvalue weighted by molar-refractivity contribution is 5.76. The molecule has 0 fully saturated rings. The van der Waals surface area contributed by atoms with Crippen molar-refractivity contribution in [3.8, 4) is 0 Å². The van der Waals surface area contributed by atoms with Crippen LogP contribution >= 0.6 is 0 Å². The zero-order valence-electron chi connectivity index (χ0n) is 21.8. The Morgan fingerprint density at radius 3 is 1.88 bits per heavy atom. The fourth-order valence-corrected chi connectivity index (χ4v) is 3.41. The Morgan fingerprint density at radius 2 is 1.29 bits per heavy atom. The molecule has 0 rings (SSSR count). The molecule has 0 aromatic carbocycles. The third kappa shape index (κ3) is 21.9. The Bertz CT molecular complexity index is 604. The molecule has 0 heterocycles. The van der Waals surface area contributed by atoms with Crippen molar-refractivity contribution in [3.05, 3.63) is 60.8 Å². The molecule has 0 saturated heterocycles. The van der Waals surface area contributed by atoms with Crippen LogP contribution in [0.1, 0.15) is 104 Å². The molecule has 0 aromatic heterocycles. The van der Waals surface area contributed by atoms with E-state index in [-0.39, 0.29) is 12.5 Å². The SMILES string of the molecule is CC/C=C\C/C=C\C/C=C\C/C=C\CCCCCCCCC(=O)NC(CO)C(O)/C=C/CCC. The lowest BCUT2D eigenvalue weighted by Gasteiger charge is -2.19. The number of carbonyl (C=O) groups excluding carboxylic acids is 1. The summed E-state index contributed by atoms with van der Waals surface area (Å²) in [5.74, 6) is -0.0960. The lowest BCUT2D eigenvalue weighted by Crippen LogP contribution is -2.45. The van der Waals surface area contributed by atoms with Crippen LogP contribution in [0, 0.1) is 0 Å². The van der Waals surface area contributed by atoms with E-state index in [0.29, 0.717) is 6.42 Å². The van der Waals surface area contributed by atoms with E-state index >= 15 is 0 Å². The first-order valence-electron chi connectivity index (χ1n) is 13.5. The van der Waals surface area contributed by atoms with Crippen LogP contribution in [0.3, 0.4) is 0 Å². The number of unbranched alkanes of at least 4 members (excludes halogenated alkanes) is 7. The van der Waals surface area contributed by atoms with Gasteiger partial charge in [0.1, 0.15) is 0 Å². The Kier molecular flexibility index (Phi) is 24.3. The summed E-state index contributed by atoms with van der Waals surface area (Å²) in [6.45, 7) is 3.96. The van der Waals surface area contributed by atoms with Crippen molar-refractivity contribution in [2.75, 3.05) is 6.61 Å². The van der Waals surface area contributed by atoms with E-state index in [1.807, 2.05) is 6.08 Å². The van der Waals surface area contributed by atoms with Crippen LogP contribution in [0.4, 0.5) is 0 Å². The summed E-state index contributed by atoms with van der Waals surface area (Å²) in [6.07, 6.45) is 34.8. The fraction of sp³-hybridized carbons (Fsp3) is 0.633. The summed E-state index contributed by atoms with van der Waals surface area (Å²) in [7, 11) is 0. The van der Waals surface area contributed by atoms with Gasteiger partial charge in [-0.25, -0.2) is 0 Å². The van der Waals surface area contributed by atoms with Crippen LogP contribution in [0.5, 0.6) is 0 Å². The van der Waals surface area contributed by atoms with Crippen molar-refractivity contribution in [1.82, 2.24) is 5.32 Å². The predicted octanol–water partition coefficient (Wildman–Crippen LogP) is 7.11. The number of hydrogen-bond donors (Lipinski definition) is 3. The minimum atomic E-state index is -0.842. The van der Waals surface area contributed by atoms with Gasteiger partial charge in [0.15, 0.2) is 0 Å². The van der Waals surface area contributed by atoms with E-state index in [9.17, 15) is 15.0 Å². The molecular formula is C30H51NO3. The van der Waals surface area contributed by atoms with Crippen molar-refractivity contribution in [2.45, 2.75) is 116 Å². The topological polar surface area (TPSA) is 69.6 Å². The number of aliphatic hydroxyl groups is 2. The first-order valence-corrected chi connectivity index (χ1v) is 13.5. The lowest BCUT2D eigenvalue weighted by molar-refractivity contribution is -0.123. The number of allylic oxidation sites excluding steroid dienone is 9. The summed E-state index contributed by atoms with van der Waals surface area (Å²) in [4.78, 5) is 12.1. The molecule has 0 aliphatic rings. The molecule has 4 heteroatoms. The van der Waals surface area contributed by atoms with Gasteiger partial charge in [-0.1, -0.05) is 107 Å². The molecule has 0 saturated carbocycles. The molecule has 4 nitrogen and oxygen atoms in total. The molecule has 0 aliphatic heterocycles. The highest BCUT2D eigenvalue weighted by Crippen LogP contribution is 2.09. The Labute approximate surface area is 209 Å². The van der Waals surface area contributed by atoms with E-state index < -0.39 is 12.1 Å². The number of aliphatic hydroxyl groups excluding tert-OH is 2. The third-order valence-electron chi connectivity index (χ3n) is 5.49. The maximum atomic E-state index is 12.1. The monoisotopic (exact) mass is 473 g/mol. The third-order valence-corrected chi connectivity index (χ3v) is 5.49. The summed E-state index contributed by atoms with van der Waals surface area (Å²) in [5.41, 5.74) is 0. The summed E-state index contributed by atoms with van der Waals surface area (Å²) < 4.78 is 0. The Balaban J connectivity index is 3.62. The van der Waals surface area contributed by atoms with Gasteiger partial charge < -0.3 is 15.5 Å². The Morgan fingerprint density at radius 1 is 0.735 bits per heavy atom. The molecule has 0 radical (unpaired) electrons. The average molecular weight is 474 g/mol. The standard InChI is InChI=1S/C30H51NO3/c1-3-5-7-8-9-10-11-12-13-14-15-16-17-18-19-20-21-22-24-26-30(34)31-28(27-32)29(33)25-23-6-4-2/h5,7,9-10,12-13,15-16,23,25,28-29,32-33H,3-4,6,8,11,14,17-22,24,26-27H2,1-2H3,(H,31,34)/b7-5-,10-9-,13-12-,16-15-,25-23+. The molecule has 0 spiro atoms. The second-order valence-electron chi connectivity index (χ2n) is 8.72. The highest BCUT2D eigenvalue weighted by atomic mass is 16.3. The van der Waals surface area contributed by atoms with E-state index in [4.69, 9.17) is 0 Å². The van der Waals surface area contributed by atoms with Crippen molar-refractivity contribution in [1.29, 1.82) is 0 Å². The highest BCUT2D eigenvalue weighted by Gasteiger charge is 2.17. The quantitative estimate of drug-likeness (QED) is 0.116.